The van der Waals surface area contributed by atoms with Crippen molar-refractivity contribution in [2.75, 3.05) is 5.75 Å². The molecule has 0 aliphatic heterocycles. The van der Waals surface area contributed by atoms with Crippen molar-refractivity contribution in [2.45, 2.75) is 38.8 Å². The molecular formula is C13H17ClN2S2. The van der Waals surface area contributed by atoms with E-state index < -0.39 is 0 Å². The fourth-order valence-electron chi connectivity index (χ4n) is 1.48. The van der Waals surface area contributed by atoms with E-state index >= 15 is 0 Å². The standard InChI is InChI=1S/C13H17ClN2S2/c1-7(2)6-17-13-15-11(14)9-5-10(8(3)4)18-12(9)16-13/h5,7-8H,6H2,1-4H3. The zero-order valence-corrected chi connectivity index (χ0v) is 13.4. The summed E-state index contributed by atoms with van der Waals surface area (Å²) < 4.78 is 0. The summed E-state index contributed by atoms with van der Waals surface area (Å²) in [4.78, 5) is 11.3. The Morgan fingerprint density at radius 3 is 2.61 bits per heavy atom. The Hall–Kier alpha value is -0.320. The Balaban J connectivity index is 2.35. The Kier molecular flexibility index (Phi) is 4.51. The van der Waals surface area contributed by atoms with Crippen molar-refractivity contribution in [2.24, 2.45) is 5.92 Å². The number of rotatable bonds is 4. The van der Waals surface area contributed by atoms with E-state index in [9.17, 15) is 0 Å². The molecule has 98 valence electrons. The molecule has 2 aromatic heterocycles. The van der Waals surface area contributed by atoms with Crippen molar-refractivity contribution in [3.63, 3.8) is 0 Å². The lowest BCUT2D eigenvalue weighted by molar-refractivity contribution is 0.748. The van der Waals surface area contributed by atoms with Crippen molar-refractivity contribution in [1.29, 1.82) is 0 Å². The lowest BCUT2D eigenvalue weighted by Crippen LogP contribution is -1.94. The molecule has 0 saturated heterocycles. The maximum atomic E-state index is 6.24. The van der Waals surface area contributed by atoms with E-state index in [-0.39, 0.29) is 0 Å². The maximum absolute atomic E-state index is 6.24. The van der Waals surface area contributed by atoms with E-state index in [4.69, 9.17) is 11.6 Å². The molecule has 2 aromatic rings. The van der Waals surface area contributed by atoms with Gasteiger partial charge in [-0.05, 0) is 17.9 Å². The lowest BCUT2D eigenvalue weighted by Gasteiger charge is -2.03. The summed E-state index contributed by atoms with van der Waals surface area (Å²) >= 11 is 9.63. The summed E-state index contributed by atoms with van der Waals surface area (Å²) in [6.07, 6.45) is 0. The van der Waals surface area contributed by atoms with Gasteiger partial charge < -0.3 is 0 Å². The zero-order chi connectivity index (χ0) is 13.3. The lowest BCUT2D eigenvalue weighted by atomic mass is 10.2. The van der Waals surface area contributed by atoms with Gasteiger partial charge >= 0.3 is 0 Å². The monoisotopic (exact) mass is 300 g/mol. The fourth-order valence-corrected chi connectivity index (χ4v) is 3.69. The van der Waals surface area contributed by atoms with E-state index in [2.05, 4.69) is 43.7 Å². The van der Waals surface area contributed by atoms with Crippen LogP contribution in [0.2, 0.25) is 5.15 Å². The van der Waals surface area contributed by atoms with Gasteiger partial charge in [-0.15, -0.1) is 11.3 Å². The Bertz CT molecular complexity index is 549. The quantitative estimate of drug-likeness (QED) is 0.440. The molecule has 0 amide bonds. The van der Waals surface area contributed by atoms with Crippen LogP contribution in [0.25, 0.3) is 10.2 Å². The molecule has 0 aromatic carbocycles. The zero-order valence-electron chi connectivity index (χ0n) is 11.0. The predicted octanol–water partition coefficient (Wildman–Crippen LogP) is 5.22. The highest BCUT2D eigenvalue weighted by atomic mass is 35.5. The SMILES string of the molecule is CC(C)CSc1nc(Cl)c2cc(C(C)C)sc2n1. The summed E-state index contributed by atoms with van der Waals surface area (Å²) in [6, 6.07) is 2.11. The molecule has 0 aliphatic rings. The van der Waals surface area contributed by atoms with Gasteiger partial charge in [0, 0.05) is 16.0 Å². The number of aromatic nitrogens is 2. The predicted molar refractivity (Wildman–Crippen MR) is 82.1 cm³/mol. The van der Waals surface area contributed by atoms with E-state index in [1.54, 1.807) is 23.1 Å². The molecule has 0 unspecified atom stereocenters. The number of thiophene rings is 1. The molecular weight excluding hydrogens is 284 g/mol. The van der Waals surface area contributed by atoms with Crippen LogP contribution in [0.5, 0.6) is 0 Å². The topological polar surface area (TPSA) is 25.8 Å². The van der Waals surface area contributed by atoms with Gasteiger partial charge in [-0.1, -0.05) is 51.1 Å². The van der Waals surface area contributed by atoms with Crippen LogP contribution in [0.3, 0.4) is 0 Å². The third-order valence-electron chi connectivity index (χ3n) is 2.46. The normalized spacial score (nSPS) is 11.9. The minimum absolute atomic E-state index is 0.507. The first-order chi connectivity index (χ1) is 8.47. The maximum Gasteiger partial charge on any atom is 0.190 e. The van der Waals surface area contributed by atoms with Gasteiger partial charge in [-0.25, -0.2) is 9.97 Å². The molecule has 0 radical (unpaired) electrons. The molecule has 0 bridgehead atoms. The van der Waals surface area contributed by atoms with Crippen LogP contribution in [0.1, 0.15) is 38.5 Å². The number of thioether (sulfide) groups is 1. The molecule has 0 spiro atoms. The van der Waals surface area contributed by atoms with Crippen molar-refractivity contribution < 1.29 is 0 Å². The fraction of sp³-hybridized carbons (Fsp3) is 0.538. The van der Waals surface area contributed by atoms with E-state index in [0.29, 0.717) is 17.0 Å². The second-order valence-corrected chi connectivity index (χ2v) is 7.43. The van der Waals surface area contributed by atoms with Crippen molar-refractivity contribution in [3.05, 3.63) is 16.1 Å². The van der Waals surface area contributed by atoms with Crippen LogP contribution in [0.4, 0.5) is 0 Å². The first-order valence-corrected chi connectivity index (χ1v) is 8.25. The highest BCUT2D eigenvalue weighted by Gasteiger charge is 2.12. The molecule has 2 heterocycles. The van der Waals surface area contributed by atoms with Crippen molar-refractivity contribution >= 4 is 44.9 Å². The number of fused-ring (bicyclic) bond motifs is 1. The first kappa shape index (κ1) is 14.1. The smallest absolute Gasteiger partial charge is 0.190 e. The van der Waals surface area contributed by atoms with Crippen LogP contribution in [-0.4, -0.2) is 15.7 Å². The second-order valence-electron chi connectivity index (χ2n) is 5.02. The molecule has 5 heteroatoms. The third kappa shape index (κ3) is 3.16. The number of hydrogen-bond donors (Lipinski definition) is 0. The number of nitrogens with zero attached hydrogens (tertiary/aromatic N) is 2. The minimum Gasteiger partial charge on any atom is -0.211 e. The summed E-state index contributed by atoms with van der Waals surface area (Å²) in [5, 5.41) is 2.35. The van der Waals surface area contributed by atoms with Crippen LogP contribution >= 0.6 is 34.7 Å². The van der Waals surface area contributed by atoms with Crippen molar-refractivity contribution in [3.8, 4) is 0 Å². The van der Waals surface area contributed by atoms with Gasteiger partial charge in [0.2, 0.25) is 0 Å². The molecule has 0 N–H and O–H groups in total. The molecule has 0 fully saturated rings. The number of halogens is 1. The van der Waals surface area contributed by atoms with E-state index in [1.165, 1.54) is 4.88 Å². The van der Waals surface area contributed by atoms with Crippen LogP contribution in [-0.2, 0) is 0 Å². The molecule has 18 heavy (non-hydrogen) atoms. The Morgan fingerprint density at radius 1 is 1.28 bits per heavy atom. The Labute approximate surface area is 121 Å². The van der Waals surface area contributed by atoms with Crippen molar-refractivity contribution in [1.82, 2.24) is 9.97 Å². The Morgan fingerprint density at radius 2 is 2.00 bits per heavy atom. The van der Waals surface area contributed by atoms with Crippen LogP contribution in [0, 0.1) is 5.92 Å². The third-order valence-corrected chi connectivity index (χ3v) is 5.35. The summed E-state index contributed by atoms with van der Waals surface area (Å²) in [7, 11) is 0. The molecule has 0 atom stereocenters. The van der Waals surface area contributed by atoms with Gasteiger partial charge in [0.1, 0.15) is 9.98 Å². The van der Waals surface area contributed by atoms with Crippen LogP contribution < -0.4 is 0 Å². The minimum atomic E-state index is 0.507. The summed E-state index contributed by atoms with van der Waals surface area (Å²) in [5.74, 6) is 2.15. The van der Waals surface area contributed by atoms with Gasteiger partial charge in [-0.3, -0.25) is 0 Å². The highest BCUT2D eigenvalue weighted by Crippen LogP contribution is 2.34. The largest absolute Gasteiger partial charge is 0.211 e. The van der Waals surface area contributed by atoms with E-state index in [0.717, 1.165) is 21.1 Å². The first-order valence-electron chi connectivity index (χ1n) is 6.07. The van der Waals surface area contributed by atoms with Gasteiger partial charge in [0.05, 0.1) is 0 Å². The number of hydrogen-bond acceptors (Lipinski definition) is 4. The van der Waals surface area contributed by atoms with Gasteiger partial charge in [0.15, 0.2) is 5.16 Å². The average Bonchev–Trinajstić information content (AvgIpc) is 2.71. The molecule has 0 saturated carbocycles. The molecule has 2 nitrogen and oxygen atoms in total. The van der Waals surface area contributed by atoms with E-state index in [1.807, 2.05) is 0 Å². The van der Waals surface area contributed by atoms with Crippen LogP contribution in [0.15, 0.2) is 11.2 Å². The molecule has 0 aliphatic carbocycles. The average molecular weight is 301 g/mol. The molecule has 2 rings (SSSR count). The second kappa shape index (κ2) is 5.76. The van der Waals surface area contributed by atoms with Gasteiger partial charge in [-0.2, -0.15) is 0 Å². The summed E-state index contributed by atoms with van der Waals surface area (Å²) in [5.41, 5.74) is 0. The summed E-state index contributed by atoms with van der Waals surface area (Å²) in [6.45, 7) is 8.74. The highest BCUT2D eigenvalue weighted by molar-refractivity contribution is 7.99. The van der Waals surface area contributed by atoms with Gasteiger partial charge in [0.25, 0.3) is 0 Å².